The Balaban J connectivity index is 1.86. The summed E-state index contributed by atoms with van der Waals surface area (Å²) < 4.78 is 10.3. The number of carbonyl (C=O) groups excluding carboxylic acids is 1. The molecule has 5 nitrogen and oxygen atoms in total. The molecule has 2 atom stereocenters. The highest BCUT2D eigenvalue weighted by Crippen LogP contribution is 2.38. The van der Waals surface area contributed by atoms with Gasteiger partial charge in [-0.3, -0.25) is 9.79 Å². The number of Topliss-reactive ketones (excluding diaryl/α,β-unsaturated/α-hetero) is 1. The van der Waals surface area contributed by atoms with Crippen molar-refractivity contribution >= 4 is 22.7 Å². The molecule has 1 aliphatic heterocycles. The molecule has 0 aromatic heterocycles. The van der Waals surface area contributed by atoms with E-state index in [1.807, 2.05) is 24.3 Å². The van der Waals surface area contributed by atoms with Gasteiger partial charge < -0.3 is 15.2 Å². The van der Waals surface area contributed by atoms with Gasteiger partial charge in [-0.2, -0.15) is 0 Å². The molecule has 124 valence electrons. The van der Waals surface area contributed by atoms with Gasteiger partial charge in [0.05, 0.1) is 20.3 Å². The van der Waals surface area contributed by atoms with Crippen LogP contribution in [0.3, 0.4) is 0 Å². The van der Waals surface area contributed by atoms with Crippen molar-refractivity contribution < 1.29 is 14.3 Å². The monoisotopic (exact) mass is 342 g/mol. The van der Waals surface area contributed by atoms with Crippen LogP contribution in [-0.4, -0.2) is 30.4 Å². The molecule has 6 heteroatoms. The molecule has 2 aromatic carbocycles. The van der Waals surface area contributed by atoms with Gasteiger partial charge in [-0.25, -0.2) is 0 Å². The van der Waals surface area contributed by atoms with Crippen molar-refractivity contribution in [1.29, 1.82) is 0 Å². The zero-order valence-electron chi connectivity index (χ0n) is 13.4. The van der Waals surface area contributed by atoms with E-state index in [4.69, 9.17) is 15.2 Å². The van der Waals surface area contributed by atoms with E-state index in [0.29, 0.717) is 16.5 Å². The molecule has 0 aliphatic carbocycles. The summed E-state index contributed by atoms with van der Waals surface area (Å²) in [6, 6.07) is 14.3. The first-order chi connectivity index (χ1) is 11.6. The summed E-state index contributed by atoms with van der Waals surface area (Å²) in [6.07, 6.45) is 0. The quantitative estimate of drug-likeness (QED) is 0.845. The van der Waals surface area contributed by atoms with Gasteiger partial charge in [0.25, 0.3) is 0 Å². The summed E-state index contributed by atoms with van der Waals surface area (Å²) in [5.41, 5.74) is 7.45. The van der Waals surface area contributed by atoms with E-state index in [1.54, 1.807) is 38.5 Å². The van der Waals surface area contributed by atoms with Crippen molar-refractivity contribution in [2.75, 3.05) is 14.2 Å². The van der Waals surface area contributed by atoms with Gasteiger partial charge in [-0.15, -0.1) is 0 Å². The predicted molar refractivity (Wildman–Crippen MR) is 96.1 cm³/mol. The van der Waals surface area contributed by atoms with Crippen LogP contribution in [0.1, 0.15) is 22.0 Å². The fourth-order valence-corrected chi connectivity index (χ4v) is 3.62. The van der Waals surface area contributed by atoms with Crippen molar-refractivity contribution in [3.8, 4) is 11.5 Å². The first-order valence-corrected chi connectivity index (χ1v) is 8.32. The van der Waals surface area contributed by atoms with Gasteiger partial charge in [-0.05, 0) is 42.0 Å². The fourth-order valence-electron chi connectivity index (χ4n) is 2.60. The van der Waals surface area contributed by atoms with Crippen LogP contribution in [0.4, 0.5) is 0 Å². The summed E-state index contributed by atoms with van der Waals surface area (Å²) in [5, 5.41) is 0.0643. The van der Waals surface area contributed by atoms with Crippen molar-refractivity contribution in [1.82, 2.24) is 0 Å². The van der Waals surface area contributed by atoms with Crippen LogP contribution in [0.2, 0.25) is 0 Å². The lowest BCUT2D eigenvalue weighted by Gasteiger charge is -2.17. The standard InChI is InChI=1S/C18H18N2O3S/c1-22-13-7-3-11(4-8-13)15-17(24-18(19)20-15)16(21)12-5-9-14(23-2)10-6-12/h3-10,15,17H,1-2H3,(H2,19,20)/t15-,17-/m1/s1. The Morgan fingerprint density at radius 1 is 1.00 bits per heavy atom. The number of carbonyl (C=O) groups is 1. The Morgan fingerprint density at radius 3 is 2.08 bits per heavy atom. The van der Waals surface area contributed by atoms with Crippen molar-refractivity contribution in [2.45, 2.75) is 11.3 Å². The average Bonchev–Trinajstić information content (AvgIpc) is 3.03. The van der Waals surface area contributed by atoms with Crippen LogP contribution >= 0.6 is 11.8 Å². The molecule has 0 radical (unpaired) electrons. The SMILES string of the molecule is COc1ccc(C(=O)[C@@H]2SC(N)=N[C@@H]2c2ccc(OC)cc2)cc1. The second kappa shape index (κ2) is 6.97. The van der Waals surface area contributed by atoms with Gasteiger partial charge in [0.15, 0.2) is 11.0 Å². The number of hydrogen-bond acceptors (Lipinski definition) is 6. The summed E-state index contributed by atoms with van der Waals surface area (Å²) >= 11 is 1.31. The van der Waals surface area contributed by atoms with Crippen LogP contribution in [-0.2, 0) is 0 Å². The third-order valence-electron chi connectivity index (χ3n) is 3.89. The van der Waals surface area contributed by atoms with E-state index in [2.05, 4.69) is 4.99 Å². The second-order valence-electron chi connectivity index (χ2n) is 5.32. The zero-order chi connectivity index (χ0) is 17.1. The highest BCUT2D eigenvalue weighted by atomic mass is 32.2. The van der Waals surface area contributed by atoms with Gasteiger partial charge in [0.1, 0.15) is 16.7 Å². The Labute approximate surface area is 144 Å². The molecule has 0 saturated heterocycles. The average molecular weight is 342 g/mol. The summed E-state index contributed by atoms with van der Waals surface area (Å²) in [7, 11) is 3.21. The number of nitrogens with two attached hydrogens (primary N) is 1. The number of hydrogen-bond donors (Lipinski definition) is 1. The topological polar surface area (TPSA) is 73.9 Å². The maximum Gasteiger partial charge on any atom is 0.178 e. The molecular formula is C18H18N2O3S. The lowest BCUT2D eigenvalue weighted by molar-refractivity contribution is 0.0983. The summed E-state index contributed by atoms with van der Waals surface area (Å²) in [4.78, 5) is 17.3. The molecule has 2 N–H and O–H groups in total. The molecule has 1 heterocycles. The minimum Gasteiger partial charge on any atom is -0.497 e. The van der Waals surface area contributed by atoms with E-state index in [1.165, 1.54) is 11.8 Å². The van der Waals surface area contributed by atoms with E-state index in [0.717, 1.165) is 11.3 Å². The fraction of sp³-hybridized carbons (Fsp3) is 0.222. The van der Waals surface area contributed by atoms with Crippen LogP contribution < -0.4 is 15.2 Å². The maximum absolute atomic E-state index is 12.9. The minimum atomic E-state index is -0.369. The van der Waals surface area contributed by atoms with Crippen LogP contribution in [0, 0.1) is 0 Å². The summed E-state index contributed by atoms with van der Waals surface area (Å²) in [5.74, 6) is 1.49. The molecule has 0 unspecified atom stereocenters. The van der Waals surface area contributed by atoms with Crippen LogP contribution in [0.15, 0.2) is 53.5 Å². The van der Waals surface area contributed by atoms with Crippen molar-refractivity contribution in [3.63, 3.8) is 0 Å². The number of thioether (sulfide) groups is 1. The third-order valence-corrected chi connectivity index (χ3v) is 4.96. The number of ketones is 1. The second-order valence-corrected chi connectivity index (χ2v) is 6.48. The van der Waals surface area contributed by atoms with Crippen LogP contribution in [0.25, 0.3) is 0 Å². The lowest BCUT2D eigenvalue weighted by Crippen LogP contribution is -2.22. The smallest absolute Gasteiger partial charge is 0.178 e. The molecule has 0 amide bonds. The van der Waals surface area contributed by atoms with E-state index < -0.39 is 0 Å². The first-order valence-electron chi connectivity index (χ1n) is 7.44. The van der Waals surface area contributed by atoms with Crippen molar-refractivity contribution in [3.05, 3.63) is 59.7 Å². The number of amidine groups is 1. The van der Waals surface area contributed by atoms with E-state index in [-0.39, 0.29) is 17.1 Å². The number of benzene rings is 2. The van der Waals surface area contributed by atoms with Gasteiger partial charge in [0.2, 0.25) is 0 Å². The number of methoxy groups -OCH3 is 2. The Kier molecular flexibility index (Phi) is 4.76. The third kappa shape index (κ3) is 3.23. The highest BCUT2D eigenvalue weighted by molar-refractivity contribution is 8.15. The van der Waals surface area contributed by atoms with E-state index in [9.17, 15) is 4.79 Å². The molecule has 0 spiro atoms. The molecule has 1 aliphatic rings. The normalized spacial score (nSPS) is 19.7. The zero-order valence-corrected chi connectivity index (χ0v) is 14.2. The van der Waals surface area contributed by atoms with Crippen molar-refractivity contribution in [2.24, 2.45) is 10.7 Å². The number of nitrogens with zero attached hydrogens (tertiary/aromatic N) is 1. The van der Waals surface area contributed by atoms with Gasteiger partial charge in [-0.1, -0.05) is 23.9 Å². The molecule has 24 heavy (non-hydrogen) atoms. The Bertz CT molecular complexity index is 757. The highest BCUT2D eigenvalue weighted by Gasteiger charge is 2.36. The van der Waals surface area contributed by atoms with E-state index >= 15 is 0 Å². The molecule has 0 saturated carbocycles. The number of aliphatic imine (C=N–C) groups is 1. The molecule has 3 rings (SSSR count). The number of rotatable bonds is 5. The van der Waals surface area contributed by atoms with Crippen LogP contribution in [0.5, 0.6) is 11.5 Å². The summed E-state index contributed by atoms with van der Waals surface area (Å²) in [6.45, 7) is 0. The first kappa shape index (κ1) is 16.4. The lowest BCUT2D eigenvalue weighted by atomic mass is 9.97. The molecular weight excluding hydrogens is 324 g/mol. The van der Waals surface area contributed by atoms with Gasteiger partial charge >= 0.3 is 0 Å². The Hall–Kier alpha value is -2.47. The number of ether oxygens (including phenoxy) is 2. The minimum absolute atomic E-state index is 0.00710. The Morgan fingerprint density at radius 2 is 1.54 bits per heavy atom. The van der Waals surface area contributed by atoms with Gasteiger partial charge in [0, 0.05) is 5.56 Å². The maximum atomic E-state index is 12.9. The molecule has 0 fully saturated rings. The molecule has 0 bridgehead atoms. The molecule has 2 aromatic rings. The predicted octanol–water partition coefficient (Wildman–Crippen LogP) is 3.06. The largest absolute Gasteiger partial charge is 0.497 e.